The first-order valence-electron chi connectivity index (χ1n) is 9.33. The zero-order valence-electron chi connectivity index (χ0n) is 16.5. The molecule has 0 bridgehead atoms. The summed E-state index contributed by atoms with van der Waals surface area (Å²) in [4.78, 5) is 32.4. The van der Waals surface area contributed by atoms with Crippen LogP contribution in [0.2, 0.25) is 0 Å². The van der Waals surface area contributed by atoms with Gasteiger partial charge in [0.1, 0.15) is 12.4 Å². The number of nitrogens with zero attached hydrogens (tertiary/aromatic N) is 3. The summed E-state index contributed by atoms with van der Waals surface area (Å²) in [5.74, 6) is 0.635. The molecule has 1 aliphatic rings. The van der Waals surface area contributed by atoms with Crippen molar-refractivity contribution >= 4 is 17.5 Å². The molecule has 2 amide bonds. The highest BCUT2D eigenvalue weighted by Crippen LogP contribution is 2.34. The van der Waals surface area contributed by atoms with Gasteiger partial charge < -0.3 is 19.9 Å². The average molecular weight is 382 g/mol. The molecule has 7 nitrogen and oxygen atoms in total. The van der Waals surface area contributed by atoms with Gasteiger partial charge in [0.25, 0.3) is 5.91 Å². The fraction of sp³-hybridized carbons (Fsp3) is 0.381. The van der Waals surface area contributed by atoms with Crippen LogP contribution in [0.4, 0.5) is 5.69 Å². The highest BCUT2D eigenvalue weighted by Gasteiger charge is 2.27. The molecule has 3 rings (SSSR count). The minimum Gasteiger partial charge on any atom is -0.489 e. The van der Waals surface area contributed by atoms with Gasteiger partial charge in [-0.3, -0.25) is 14.6 Å². The zero-order chi connectivity index (χ0) is 20.1. The Morgan fingerprint density at radius 1 is 1.29 bits per heavy atom. The first-order chi connectivity index (χ1) is 13.5. The predicted molar refractivity (Wildman–Crippen MR) is 108 cm³/mol. The Kier molecular flexibility index (Phi) is 6.13. The Morgan fingerprint density at radius 2 is 2.11 bits per heavy atom. The van der Waals surface area contributed by atoms with Crippen molar-refractivity contribution in [1.29, 1.82) is 0 Å². The first-order valence-corrected chi connectivity index (χ1v) is 9.33. The van der Waals surface area contributed by atoms with Gasteiger partial charge in [-0.15, -0.1) is 0 Å². The van der Waals surface area contributed by atoms with Crippen LogP contribution in [-0.4, -0.2) is 62.0 Å². The fourth-order valence-corrected chi connectivity index (χ4v) is 3.16. The van der Waals surface area contributed by atoms with Gasteiger partial charge in [0.15, 0.2) is 0 Å². The van der Waals surface area contributed by atoms with Crippen molar-refractivity contribution in [3.8, 4) is 5.75 Å². The van der Waals surface area contributed by atoms with Crippen molar-refractivity contribution in [3.63, 3.8) is 0 Å². The summed E-state index contributed by atoms with van der Waals surface area (Å²) in [7, 11) is 5.37. The molecule has 2 aromatic rings. The maximum Gasteiger partial charge on any atom is 0.253 e. The van der Waals surface area contributed by atoms with E-state index in [0.717, 1.165) is 17.1 Å². The number of hydrogen-bond donors (Lipinski definition) is 1. The molecular formula is C21H26N4O3. The van der Waals surface area contributed by atoms with Gasteiger partial charge in [0.2, 0.25) is 5.91 Å². The number of amides is 2. The van der Waals surface area contributed by atoms with Crippen molar-refractivity contribution < 1.29 is 14.3 Å². The molecule has 0 saturated carbocycles. The summed E-state index contributed by atoms with van der Waals surface area (Å²) in [6.07, 6.45) is 2.77. The van der Waals surface area contributed by atoms with E-state index in [2.05, 4.69) is 10.3 Å². The van der Waals surface area contributed by atoms with Crippen molar-refractivity contribution in [2.75, 3.05) is 39.2 Å². The quantitative estimate of drug-likeness (QED) is 0.824. The van der Waals surface area contributed by atoms with Crippen molar-refractivity contribution in [1.82, 2.24) is 15.2 Å². The molecule has 0 unspecified atom stereocenters. The highest BCUT2D eigenvalue weighted by atomic mass is 16.5. The lowest BCUT2D eigenvalue weighted by Crippen LogP contribution is -2.44. The molecule has 7 heteroatoms. The monoisotopic (exact) mass is 382 g/mol. The van der Waals surface area contributed by atoms with Gasteiger partial charge in [0.05, 0.1) is 18.2 Å². The van der Waals surface area contributed by atoms with E-state index in [1.807, 2.05) is 42.3 Å². The normalized spacial score (nSPS) is 15.4. The van der Waals surface area contributed by atoms with E-state index in [0.29, 0.717) is 31.6 Å². The van der Waals surface area contributed by atoms with Gasteiger partial charge in [0, 0.05) is 51.6 Å². The molecule has 1 aromatic heterocycles. The van der Waals surface area contributed by atoms with Gasteiger partial charge in [-0.1, -0.05) is 6.07 Å². The van der Waals surface area contributed by atoms with Crippen LogP contribution in [0.15, 0.2) is 42.6 Å². The van der Waals surface area contributed by atoms with Crippen molar-refractivity contribution in [2.24, 2.45) is 0 Å². The number of anilines is 1. The van der Waals surface area contributed by atoms with Crippen molar-refractivity contribution in [3.05, 3.63) is 53.9 Å². The van der Waals surface area contributed by atoms with E-state index in [-0.39, 0.29) is 17.9 Å². The summed E-state index contributed by atoms with van der Waals surface area (Å²) < 4.78 is 5.82. The predicted octanol–water partition coefficient (Wildman–Crippen LogP) is 1.73. The second-order valence-corrected chi connectivity index (χ2v) is 7.08. The maximum atomic E-state index is 12.3. The molecule has 1 N–H and O–H groups in total. The number of likely N-dealkylation sites (N-methyl/N-ethyl adjacent to an activating group) is 1. The largest absolute Gasteiger partial charge is 0.489 e. The molecule has 0 radical (unpaired) electrons. The lowest BCUT2D eigenvalue weighted by Gasteiger charge is -2.35. The standard InChI is InChI=1S/C21H26N4O3/c1-24(2)21(27)15-7-8-19-18(12-15)25(3)17(14-28-19)13-20(26)23-11-9-16-6-4-5-10-22-16/h4-8,10,12,17H,9,11,13-14H2,1-3H3,(H,23,26)/t17-/m1/s1. The number of benzene rings is 1. The zero-order valence-corrected chi connectivity index (χ0v) is 16.5. The molecule has 0 aliphatic carbocycles. The average Bonchev–Trinajstić information content (AvgIpc) is 2.70. The van der Waals surface area contributed by atoms with E-state index in [1.54, 1.807) is 26.4 Å². The summed E-state index contributed by atoms with van der Waals surface area (Å²) in [6, 6.07) is 11.1. The Bertz CT molecular complexity index is 839. The lowest BCUT2D eigenvalue weighted by atomic mass is 10.1. The number of fused-ring (bicyclic) bond motifs is 1. The maximum absolute atomic E-state index is 12.3. The van der Waals surface area contributed by atoms with E-state index in [1.165, 1.54) is 4.90 Å². The van der Waals surface area contributed by atoms with Crippen LogP contribution in [-0.2, 0) is 11.2 Å². The Balaban J connectivity index is 1.58. The minimum atomic E-state index is -0.0907. The number of nitrogens with one attached hydrogen (secondary N) is 1. The third-order valence-electron chi connectivity index (χ3n) is 4.82. The summed E-state index contributed by atoms with van der Waals surface area (Å²) in [5, 5.41) is 2.95. The highest BCUT2D eigenvalue weighted by molar-refractivity contribution is 5.95. The number of carbonyl (C=O) groups is 2. The minimum absolute atomic E-state index is 0.0275. The topological polar surface area (TPSA) is 74.8 Å². The fourth-order valence-electron chi connectivity index (χ4n) is 3.16. The third kappa shape index (κ3) is 4.60. The second-order valence-electron chi connectivity index (χ2n) is 7.08. The number of aromatic nitrogens is 1. The van der Waals surface area contributed by atoms with Crippen LogP contribution in [0.3, 0.4) is 0 Å². The molecule has 0 spiro atoms. The molecule has 28 heavy (non-hydrogen) atoms. The molecule has 0 fully saturated rings. The van der Waals surface area contributed by atoms with Crippen LogP contribution in [0.25, 0.3) is 0 Å². The van der Waals surface area contributed by atoms with Crippen LogP contribution < -0.4 is 15.0 Å². The van der Waals surface area contributed by atoms with Gasteiger partial charge in [-0.25, -0.2) is 0 Å². The van der Waals surface area contributed by atoms with E-state index in [9.17, 15) is 9.59 Å². The number of carbonyl (C=O) groups excluding carboxylic acids is 2. The Morgan fingerprint density at radius 3 is 2.82 bits per heavy atom. The van der Waals surface area contributed by atoms with E-state index >= 15 is 0 Å². The van der Waals surface area contributed by atoms with Crippen LogP contribution in [0.1, 0.15) is 22.5 Å². The molecule has 1 atom stereocenters. The van der Waals surface area contributed by atoms with Gasteiger partial charge in [-0.2, -0.15) is 0 Å². The molecule has 1 aliphatic heterocycles. The van der Waals surface area contributed by atoms with Crippen LogP contribution in [0, 0.1) is 0 Å². The molecule has 0 saturated heterocycles. The lowest BCUT2D eigenvalue weighted by molar-refractivity contribution is -0.121. The van der Waals surface area contributed by atoms with E-state index < -0.39 is 0 Å². The number of rotatable bonds is 6. The summed E-state index contributed by atoms with van der Waals surface area (Å²) >= 11 is 0. The molecule has 1 aromatic carbocycles. The Labute approximate surface area is 165 Å². The smallest absolute Gasteiger partial charge is 0.253 e. The van der Waals surface area contributed by atoms with Gasteiger partial charge >= 0.3 is 0 Å². The van der Waals surface area contributed by atoms with E-state index in [4.69, 9.17) is 4.74 Å². The van der Waals surface area contributed by atoms with Crippen LogP contribution in [0.5, 0.6) is 5.75 Å². The third-order valence-corrected chi connectivity index (χ3v) is 4.82. The van der Waals surface area contributed by atoms with Gasteiger partial charge in [-0.05, 0) is 30.3 Å². The SMILES string of the molecule is CN(C)C(=O)c1ccc2c(c1)N(C)[C@H](CC(=O)NCCc1ccccn1)CO2. The first kappa shape index (κ1) is 19.7. The number of pyridine rings is 1. The number of hydrogen-bond acceptors (Lipinski definition) is 5. The Hall–Kier alpha value is -3.09. The summed E-state index contributed by atoms with van der Waals surface area (Å²) in [6.45, 7) is 0.976. The summed E-state index contributed by atoms with van der Waals surface area (Å²) in [5.41, 5.74) is 2.37. The molecule has 2 heterocycles. The molecular weight excluding hydrogens is 356 g/mol. The molecule has 148 valence electrons. The number of ether oxygens (including phenoxy) is 1. The van der Waals surface area contributed by atoms with Crippen molar-refractivity contribution in [2.45, 2.75) is 18.9 Å². The second kappa shape index (κ2) is 8.73. The van der Waals surface area contributed by atoms with Crippen LogP contribution >= 0.6 is 0 Å².